The minimum atomic E-state index is -0.185. The van der Waals surface area contributed by atoms with Crippen LogP contribution in [0.25, 0.3) is 0 Å². The molecule has 0 fully saturated rings. The smallest absolute Gasteiger partial charge is 0.227 e. The first-order valence-electron chi connectivity index (χ1n) is 5.47. The van der Waals surface area contributed by atoms with Gasteiger partial charge in [-0.1, -0.05) is 25.1 Å². The van der Waals surface area contributed by atoms with Crippen LogP contribution in [-0.2, 0) is 4.79 Å². The predicted octanol–water partition coefficient (Wildman–Crippen LogP) is 1.38. The second-order valence-electron chi connectivity index (χ2n) is 4.01. The van der Waals surface area contributed by atoms with Crippen LogP contribution in [0.1, 0.15) is 19.4 Å². The fourth-order valence-electron chi connectivity index (χ4n) is 1.37. The minimum Gasteiger partial charge on any atom is -0.495 e. The number of hydrogen-bond acceptors (Lipinski definition) is 4. The predicted molar refractivity (Wildman–Crippen MR) is 69.0 cm³/mol. The van der Waals surface area contributed by atoms with Gasteiger partial charge in [0.2, 0.25) is 5.91 Å². The van der Waals surface area contributed by atoms with E-state index in [-0.39, 0.29) is 17.7 Å². The van der Waals surface area contributed by atoms with Gasteiger partial charge in [-0.25, -0.2) is 0 Å². The van der Waals surface area contributed by atoms with Crippen LogP contribution in [0.4, 0.5) is 5.69 Å². The highest BCUT2D eigenvalue weighted by Crippen LogP contribution is 2.28. The number of amides is 1. The van der Waals surface area contributed by atoms with Gasteiger partial charge in [-0.15, -0.1) is 0 Å². The Balaban J connectivity index is 3.24. The molecule has 0 bridgehead atoms. The van der Waals surface area contributed by atoms with Gasteiger partial charge in [0.15, 0.2) is 5.84 Å². The number of ether oxygens (including phenoxy) is 1. The number of nitrogens with two attached hydrogens (primary N) is 1. The van der Waals surface area contributed by atoms with E-state index in [4.69, 9.17) is 15.7 Å². The van der Waals surface area contributed by atoms with Crippen LogP contribution in [0.2, 0.25) is 0 Å². The van der Waals surface area contributed by atoms with Gasteiger partial charge in [0.1, 0.15) is 5.75 Å². The third-order valence-electron chi connectivity index (χ3n) is 2.40. The molecule has 0 aromatic heterocycles. The van der Waals surface area contributed by atoms with Crippen LogP contribution < -0.4 is 15.8 Å². The number of hydrogen-bond donors (Lipinski definition) is 3. The average molecular weight is 251 g/mol. The SMILES string of the molecule is COc1cccc(/C(N)=N/O)c1NC(=O)C(C)C. The van der Waals surface area contributed by atoms with E-state index in [1.165, 1.54) is 7.11 Å². The summed E-state index contributed by atoms with van der Waals surface area (Å²) in [5, 5.41) is 14.4. The maximum Gasteiger partial charge on any atom is 0.227 e. The molecule has 6 heteroatoms. The van der Waals surface area contributed by atoms with Crippen LogP contribution in [0.3, 0.4) is 0 Å². The third-order valence-corrected chi connectivity index (χ3v) is 2.40. The number of nitrogens with zero attached hydrogens (tertiary/aromatic N) is 1. The Bertz CT molecular complexity index is 470. The van der Waals surface area contributed by atoms with Crippen LogP contribution >= 0.6 is 0 Å². The largest absolute Gasteiger partial charge is 0.495 e. The quantitative estimate of drug-likeness (QED) is 0.326. The van der Waals surface area contributed by atoms with Gasteiger partial charge in [0.05, 0.1) is 12.8 Å². The summed E-state index contributed by atoms with van der Waals surface area (Å²) in [5.74, 6) is 0.00241. The first-order valence-corrected chi connectivity index (χ1v) is 5.47. The number of benzene rings is 1. The lowest BCUT2D eigenvalue weighted by Gasteiger charge is -2.15. The van der Waals surface area contributed by atoms with Crippen molar-refractivity contribution in [3.63, 3.8) is 0 Å². The topological polar surface area (TPSA) is 96.9 Å². The molecule has 1 aromatic rings. The lowest BCUT2D eigenvalue weighted by Crippen LogP contribution is -2.22. The zero-order valence-corrected chi connectivity index (χ0v) is 10.6. The van der Waals surface area contributed by atoms with E-state index in [9.17, 15) is 4.79 Å². The molecule has 1 aromatic carbocycles. The fraction of sp³-hybridized carbons (Fsp3) is 0.333. The van der Waals surface area contributed by atoms with Crippen molar-refractivity contribution < 1.29 is 14.7 Å². The first kappa shape index (κ1) is 13.8. The lowest BCUT2D eigenvalue weighted by molar-refractivity contribution is -0.118. The van der Waals surface area contributed by atoms with E-state index in [1.54, 1.807) is 32.0 Å². The summed E-state index contributed by atoms with van der Waals surface area (Å²) >= 11 is 0. The molecule has 0 saturated heterocycles. The number of nitrogens with one attached hydrogen (secondary N) is 1. The molecule has 1 amide bonds. The maximum absolute atomic E-state index is 11.7. The molecule has 0 saturated carbocycles. The molecule has 0 unspecified atom stereocenters. The van der Waals surface area contributed by atoms with Crippen molar-refractivity contribution in [2.45, 2.75) is 13.8 Å². The first-order chi connectivity index (χ1) is 8.51. The number of rotatable bonds is 4. The molecule has 0 aliphatic carbocycles. The second-order valence-corrected chi connectivity index (χ2v) is 4.01. The van der Waals surface area contributed by atoms with E-state index >= 15 is 0 Å². The molecule has 0 atom stereocenters. The Morgan fingerprint density at radius 1 is 1.50 bits per heavy atom. The zero-order chi connectivity index (χ0) is 13.7. The Hall–Kier alpha value is -2.24. The van der Waals surface area contributed by atoms with E-state index in [1.807, 2.05) is 0 Å². The summed E-state index contributed by atoms with van der Waals surface area (Å²) in [7, 11) is 1.48. The van der Waals surface area contributed by atoms with Crippen LogP contribution in [0.5, 0.6) is 5.75 Å². The van der Waals surface area contributed by atoms with E-state index in [2.05, 4.69) is 10.5 Å². The van der Waals surface area contributed by atoms with Crippen LogP contribution in [0, 0.1) is 5.92 Å². The monoisotopic (exact) mass is 251 g/mol. The molecule has 18 heavy (non-hydrogen) atoms. The maximum atomic E-state index is 11.7. The molecule has 0 aliphatic rings. The van der Waals surface area contributed by atoms with Crippen molar-refractivity contribution in [3.8, 4) is 5.75 Å². The van der Waals surface area contributed by atoms with Crippen molar-refractivity contribution in [2.24, 2.45) is 16.8 Å². The summed E-state index contributed by atoms with van der Waals surface area (Å²) in [6, 6.07) is 5.01. The average Bonchev–Trinajstić information content (AvgIpc) is 2.37. The van der Waals surface area contributed by atoms with Gasteiger partial charge >= 0.3 is 0 Å². The lowest BCUT2D eigenvalue weighted by atomic mass is 10.1. The summed E-state index contributed by atoms with van der Waals surface area (Å²) in [5.41, 5.74) is 6.37. The normalized spacial score (nSPS) is 11.4. The fourth-order valence-corrected chi connectivity index (χ4v) is 1.37. The highest BCUT2D eigenvalue weighted by molar-refractivity contribution is 6.07. The van der Waals surface area contributed by atoms with Gasteiger partial charge < -0.3 is 21.0 Å². The van der Waals surface area contributed by atoms with Crippen molar-refractivity contribution in [3.05, 3.63) is 23.8 Å². The summed E-state index contributed by atoms with van der Waals surface area (Å²) in [4.78, 5) is 11.7. The Labute approximate surface area is 105 Å². The molecule has 4 N–H and O–H groups in total. The molecule has 98 valence electrons. The van der Waals surface area contributed by atoms with Crippen molar-refractivity contribution >= 4 is 17.4 Å². The van der Waals surface area contributed by atoms with Crippen LogP contribution in [-0.4, -0.2) is 24.1 Å². The number of carbonyl (C=O) groups excluding carboxylic acids is 1. The molecule has 0 heterocycles. The number of methoxy groups -OCH3 is 1. The second kappa shape index (κ2) is 5.90. The third kappa shape index (κ3) is 2.91. The summed E-state index contributed by atoms with van der Waals surface area (Å²) in [6.45, 7) is 3.54. The Morgan fingerprint density at radius 2 is 2.17 bits per heavy atom. The molecule has 0 spiro atoms. The van der Waals surface area contributed by atoms with E-state index < -0.39 is 0 Å². The van der Waals surface area contributed by atoms with Crippen molar-refractivity contribution in [2.75, 3.05) is 12.4 Å². The van der Waals surface area contributed by atoms with Gasteiger partial charge in [0.25, 0.3) is 0 Å². The van der Waals surface area contributed by atoms with Gasteiger partial charge in [-0.2, -0.15) is 0 Å². The molecular formula is C12H17N3O3. The van der Waals surface area contributed by atoms with Crippen LogP contribution in [0.15, 0.2) is 23.4 Å². The number of oxime groups is 1. The van der Waals surface area contributed by atoms with Gasteiger partial charge in [0, 0.05) is 11.5 Å². The number of amidine groups is 1. The standard InChI is InChI=1S/C12H17N3O3/c1-7(2)12(16)14-10-8(11(13)15-17)5-4-6-9(10)18-3/h4-7,17H,1-3H3,(H2,13,15)(H,14,16). The van der Waals surface area contributed by atoms with E-state index in [0.717, 1.165) is 0 Å². The summed E-state index contributed by atoms with van der Waals surface area (Å²) in [6.07, 6.45) is 0. The Morgan fingerprint density at radius 3 is 2.67 bits per heavy atom. The molecule has 0 aliphatic heterocycles. The highest BCUT2D eigenvalue weighted by atomic mass is 16.5. The minimum absolute atomic E-state index is 0.0899. The van der Waals surface area contributed by atoms with Crippen molar-refractivity contribution in [1.82, 2.24) is 0 Å². The summed E-state index contributed by atoms with van der Waals surface area (Å²) < 4.78 is 5.15. The molecule has 6 nitrogen and oxygen atoms in total. The number of para-hydroxylation sites is 1. The zero-order valence-electron chi connectivity index (χ0n) is 10.6. The van der Waals surface area contributed by atoms with Gasteiger partial charge in [-0.3, -0.25) is 4.79 Å². The Kier molecular flexibility index (Phi) is 4.53. The molecule has 0 radical (unpaired) electrons. The number of anilines is 1. The number of carbonyl (C=O) groups is 1. The molecule has 1 rings (SSSR count). The highest BCUT2D eigenvalue weighted by Gasteiger charge is 2.16. The molecular weight excluding hydrogens is 234 g/mol. The van der Waals surface area contributed by atoms with E-state index in [0.29, 0.717) is 17.0 Å². The van der Waals surface area contributed by atoms with Crippen molar-refractivity contribution in [1.29, 1.82) is 0 Å². The van der Waals surface area contributed by atoms with Gasteiger partial charge in [-0.05, 0) is 12.1 Å².